The van der Waals surface area contributed by atoms with Gasteiger partial charge < -0.3 is 20.5 Å². The molecule has 1 heterocycles. The molecule has 1 aliphatic rings. The number of rotatable bonds is 5. The van der Waals surface area contributed by atoms with Crippen molar-refractivity contribution in [2.24, 2.45) is 0 Å². The van der Waals surface area contributed by atoms with Crippen molar-refractivity contribution in [1.82, 2.24) is 5.32 Å². The van der Waals surface area contributed by atoms with Gasteiger partial charge in [0, 0.05) is 23.3 Å². The molecule has 1 unspecified atom stereocenters. The van der Waals surface area contributed by atoms with Crippen molar-refractivity contribution in [3.8, 4) is 0 Å². The molecule has 0 radical (unpaired) electrons. The van der Waals surface area contributed by atoms with Gasteiger partial charge >= 0.3 is 12.0 Å². The highest BCUT2D eigenvalue weighted by molar-refractivity contribution is 9.10. The third-order valence-electron chi connectivity index (χ3n) is 3.23. The molecule has 0 aliphatic carbocycles. The Kier molecular flexibility index (Phi) is 5.58. The van der Waals surface area contributed by atoms with Gasteiger partial charge in [-0.3, -0.25) is 0 Å². The average Bonchev–Trinajstić information content (AvgIpc) is 2.94. The Labute approximate surface area is 131 Å². The van der Waals surface area contributed by atoms with E-state index in [1.165, 1.54) is 6.07 Å². The predicted molar refractivity (Wildman–Crippen MR) is 81.7 cm³/mol. The quantitative estimate of drug-likeness (QED) is 0.756. The molecule has 0 spiro atoms. The Balaban J connectivity index is 1.81. The standard InChI is InChI=1S/C14H17BrN2O4/c15-12-4-3-9(8-11(12)13(18)19)17-14(20)16-6-5-10-2-1-7-21-10/h3-4,8,10H,1-2,5-7H2,(H,18,19)(H2,16,17,20). The molecule has 2 amide bonds. The molecule has 0 aromatic heterocycles. The van der Waals surface area contributed by atoms with E-state index in [4.69, 9.17) is 9.84 Å². The second-order valence-corrected chi connectivity index (χ2v) is 5.66. The van der Waals surface area contributed by atoms with E-state index in [0.29, 0.717) is 16.7 Å². The highest BCUT2D eigenvalue weighted by atomic mass is 79.9. The van der Waals surface area contributed by atoms with Crippen molar-refractivity contribution in [1.29, 1.82) is 0 Å². The summed E-state index contributed by atoms with van der Waals surface area (Å²) in [6.07, 6.45) is 3.14. The summed E-state index contributed by atoms with van der Waals surface area (Å²) in [6.45, 7) is 1.33. The van der Waals surface area contributed by atoms with Crippen molar-refractivity contribution >= 4 is 33.6 Å². The third-order valence-corrected chi connectivity index (χ3v) is 3.92. The molecule has 114 valence electrons. The fourth-order valence-corrected chi connectivity index (χ4v) is 2.58. The Morgan fingerprint density at radius 1 is 1.43 bits per heavy atom. The highest BCUT2D eigenvalue weighted by Crippen LogP contribution is 2.21. The number of hydrogen-bond acceptors (Lipinski definition) is 3. The normalized spacial score (nSPS) is 17.5. The minimum absolute atomic E-state index is 0.104. The summed E-state index contributed by atoms with van der Waals surface area (Å²) in [5, 5.41) is 14.4. The number of hydrogen-bond donors (Lipinski definition) is 3. The smallest absolute Gasteiger partial charge is 0.336 e. The van der Waals surface area contributed by atoms with E-state index in [0.717, 1.165) is 25.9 Å². The van der Waals surface area contributed by atoms with E-state index in [2.05, 4.69) is 26.6 Å². The van der Waals surface area contributed by atoms with Crippen molar-refractivity contribution in [2.45, 2.75) is 25.4 Å². The second kappa shape index (κ2) is 7.42. The molecule has 1 fully saturated rings. The maximum Gasteiger partial charge on any atom is 0.336 e. The molecule has 2 rings (SSSR count). The number of nitrogens with one attached hydrogen (secondary N) is 2. The number of carboxylic acid groups (broad SMARTS) is 1. The lowest BCUT2D eigenvalue weighted by atomic mass is 10.2. The second-order valence-electron chi connectivity index (χ2n) is 4.80. The molecule has 6 nitrogen and oxygen atoms in total. The van der Waals surface area contributed by atoms with Crippen LogP contribution in [0, 0.1) is 0 Å². The maximum absolute atomic E-state index is 11.7. The predicted octanol–water partition coefficient (Wildman–Crippen LogP) is 2.84. The summed E-state index contributed by atoms with van der Waals surface area (Å²) in [7, 11) is 0. The number of aromatic carboxylic acids is 1. The van der Waals surface area contributed by atoms with Crippen LogP contribution in [-0.4, -0.2) is 36.4 Å². The number of ether oxygens (including phenoxy) is 1. The van der Waals surface area contributed by atoms with Crippen LogP contribution in [0.5, 0.6) is 0 Å². The lowest BCUT2D eigenvalue weighted by Crippen LogP contribution is -2.31. The summed E-state index contributed by atoms with van der Waals surface area (Å²) in [4.78, 5) is 22.7. The number of anilines is 1. The molecular formula is C14H17BrN2O4. The zero-order valence-corrected chi connectivity index (χ0v) is 13.0. The van der Waals surface area contributed by atoms with E-state index in [1.807, 2.05) is 0 Å². The Morgan fingerprint density at radius 3 is 2.90 bits per heavy atom. The number of benzene rings is 1. The van der Waals surface area contributed by atoms with Gasteiger partial charge in [-0.1, -0.05) is 0 Å². The molecule has 0 bridgehead atoms. The average molecular weight is 357 g/mol. The highest BCUT2D eigenvalue weighted by Gasteiger charge is 2.15. The minimum atomic E-state index is -1.05. The van der Waals surface area contributed by atoms with Crippen molar-refractivity contribution in [3.05, 3.63) is 28.2 Å². The maximum atomic E-state index is 11.7. The van der Waals surface area contributed by atoms with Crippen molar-refractivity contribution in [2.75, 3.05) is 18.5 Å². The molecule has 0 saturated carbocycles. The molecule has 1 aromatic rings. The van der Waals surface area contributed by atoms with Gasteiger partial charge in [0.15, 0.2) is 0 Å². The molecule has 3 N–H and O–H groups in total. The largest absolute Gasteiger partial charge is 0.478 e. The van der Waals surface area contributed by atoms with Gasteiger partial charge in [0.2, 0.25) is 0 Å². The Morgan fingerprint density at radius 2 is 2.24 bits per heavy atom. The number of carbonyl (C=O) groups excluding carboxylic acids is 1. The molecular weight excluding hydrogens is 340 g/mol. The lowest BCUT2D eigenvalue weighted by molar-refractivity contribution is 0.0696. The zero-order chi connectivity index (χ0) is 15.2. The molecule has 1 aliphatic heterocycles. The summed E-state index contributed by atoms with van der Waals surface area (Å²) < 4.78 is 5.94. The van der Waals surface area contributed by atoms with Gasteiger partial charge in [0.1, 0.15) is 0 Å². The van der Waals surface area contributed by atoms with Gasteiger partial charge in [-0.25, -0.2) is 9.59 Å². The zero-order valence-electron chi connectivity index (χ0n) is 11.4. The third kappa shape index (κ3) is 4.71. The SMILES string of the molecule is O=C(NCCC1CCCO1)Nc1ccc(Br)c(C(=O)O)c1. The molecule has 1 aromatic carbocycles. The van der Waals surface area contributed by atoms with Gasteiger partial charge in [0.05, 0.1) is 11.7 Å². The van der Waals surface area contributed by atoms with Crippen LogP contribution in [0.15, 0.2) is 22.7 Å². The van der Waals surface area contributed by atoms with Crippen molar-refractivity contribution < 1.29 is 19.4 Å². The minimum Gasteiger partial charge on any atom is -0.478 e. The monoisotopic (exact) mass is 356 g/mol. The first-order valence-electron chi connectivity index (χ1n) is 6.75. The van der Waals surface area contributed by atoms with E-state index in [-0.39, 0.29) is 17.7 Å². The van der Waals surface area contributed by atoms with Gasteiger partial charge in [-0.2, -0.15) is 0 Å². The number of carboxylic acids is 1. The lowest BCUT2D eigenvalue weighted by Gasteiger charge is -2.11. The Hall–Kier alpha value is -1.60. The first-order valence-corrected chi connectivity index (χ1v) is 7.55. The van der Waals surface area contributed by atoms with Gasteiger partial charge in [0.25, 0.3) is 0 Å². The summed E-state index contributed by atoms with van der Waals surface area (Å²) in [5.41, 5.74) is 0.539. The summed E-state index contributed by atoms with van der Waals surface area (Å²) in [6, 6.07) is 4.28. The van der Waals surface area contributed by atoms with Crippen LogP contribution >= 0.6 is 15.9 Å². The number of halogens is 1. The Bertz CT molecular complexity index is 530. The van der Waals surface area contributed by atoms with Crippen LogP contribution in [0.2, 0.25) is 0 Å². The van der Waals surface area contributed by atoms with Gasteiger partial charge in [-0.15, -0.1) is 0 Å². The number of urea groups is 1. The van der Waals surface area contributed by atoms with E-state index < -0.39 is 5.97 Å². The van der Waals surface area contributed by atoms with Crippen LogP contribution in [0.3, 0.4) is 0 Å². The van der Waals surface area contributed by atoms with Crippen LogP contribution in [0.4, 0.5) is 10.5 Å². The molecule has 1 saturated heterocycles. The fraction of sp³-hybridized carbons (Fsp3) is 0.429. The van der Waals surface area contributed by atoms with Gasteiger partial charge in [-0.05, 0) is 53.4 Å². The van der Waals surface area contributed by atoms with E-state index in [1.54, 1.807) is 12.1 Å². The molecule has 7 heteroatoms. The number of amides is 2. The van der Waals surface area contributed by atoms with E-state index >= 15 is 0 Å². The number of carbonyl (C=O) groups is 2. The molecule has 1 atom stereocenters. The fourth-order valence-electron chi connectivity index (χ4n) is 2.16. The van der Waals surface area contributed by atoms with Crippen LogP contribution < -0.4 is 10.6 Å². The van der Waals surface area contributed by atoms with Crippen molar-refractivity contribution in [3.63, 3.8) is 0 Å². The first-order chi connectivity index (χ1) is 10.1. The summed E-state index contributed by atoms with van der Waals surface area (Å²) in [5.74, 6) is -1.05. The topological polar surface area (TPSA) is 87.7 Å². The molecule has 21 heavy (non-hydrogen) atoms. The summed E-state index contributed by atoms with van der Waals surface area (Å²) >= 11 is 3.15. The van der Waals surface area contributed by atoms with Crippen LogP contribution in [0.25, 0.3) is 0 Å². The van der Waals surface area contributed by atoms with Crippen LogP contribution in [0.1, 0.15) is 29.6 Å². The van der Waals surface area contributed by atoms with Crippen LogP contribution in [-0.2, 0) is 4.74 Å². The first kappa shape index (κ1) is 15.8. The van der Waals surface area contributed by atoms with E-state index in [9.17, 15) is 9.59 Å².